The van der Waals surface area contributed by atoms with Gasteiger partial charge >= 0.3 is 0 Å². The van der Waals surface area contributed by atoms with Gasteiger partial charge < -0.3 is 21.1 Å². The lowest BCUT2D eigenvalue weighted by molar-refractivity contribution is 0.181. The molecule has 0 radical (unpaired) electrons. The smallest absolute Gasteiger partial charge is 0.126 e. The molecule has 0 saturated heterocycles. The van der Waals surface area contributed by atoms with Gasteiger partial charge in [-0.15, -0.1) is 0 Å². The van der Waals surface area contributed by atoms with Crippen LogP contribution in [-0.2, 0) is 6.61 Å². The Morgan fingerprint density at radius 2 is 2.08 bits per heavy atom. The monoisotopic (exact) mass is 183 g/mol. The van der Waals surface area contributed by atoms with Crippen LogP contribution in [0.15, 0.2) is 18.2 Å². The van der Waals surface area contributed by atoms with E-state index in [9.17, 15) is 10.2 Å². The van der Waals surface area contributed by atoms with Gasteiger partial charge in [0.2, 0.25) is 0 Å². The minimum atomic E-state index is -0.883. The number of aromatic hydroxyl groups is 1. The number of aliphatic hydroxyl groups excluding tert-OH is 2. The highest BCUT2D eigenvalue weighted by Gasteiger charge is 2.12. The molecule has 5 N–H and O–H groups in total. The first-order valence-corrected chi connectivity index (χ1v) is 4.00. The minimum absolute atomic E-state index is 0.0441. The molecular weight excluding hydrogens is 170 g/mol. The molecule has 0 bridgehead atoms. The van der Waals surface area contributed by atoms with Gasteiger partial charge in [-0.25, -0.2) is 0 Å². The van der Waals surface area contributed by atoms with E-state index < -0.39 is 6.10 Å². The summed E-state index contributed by atoms with van der Waals surface area (Å²) in [5, 5.41) is 27.7. The maximum absolute atomic E-state index is 9.51. The van der Waals surface area contributed by atoms with Crippen LogP contribution >= 0.6 is 0 Å². The molecule has 0 amide bonds. The topological polar surface area (TPSA) is 86.7 Å². The van der Waals surface area contributed by atoms with E-state index in [2.05, 4.69) is 0 Å². The van der Waals surface area contributed by atoms with Gasteiger partial charge in [-0.2, -0.15) is 0 Å². The van der Waals surface area contributed by atoms with Crippen LogP contribution in [0, 0.1) is 0 Å². The summed E-state index contributed by atoms with van der Waals surface area (Å²) in [4.78, 5) is 0. The molecule has 1 aromatic carbocycles. The SMILES string of the molecule is NCC(O)c1cccc(CO)c1O. The van der Waals surface area contributed by atoms with Crippen molar-refractivity contribution < 1.29 is 15.3 Å². The van der Waals surface area contributed by atoms with Crippen molar-refractivity contribution in [3.63, 3.8) is 0 Å². The van der Waals surface area contributed by atoms with Gasteiger partial charge in [-0.05, 0) is 0 Å². The van der Waals surface area contributed by atoms with Crippen LogP contribution in [0.5, 0.6) is 5.75 Å². The summed E-state index contributed by atoms with van der Waals surface area (Å²) in [5.74, 6) is -0.0806. The molecule has 4 nitrogen and oxygen atoms in total. The van der Waals surface area contributed by atoms with Gasteiger partial charge in [0, 0.05) is 17.7 Å². The normalized spacial score (nSPS) is 12.8. The quantitative estimate of drug-likeness (QED) is 0.526. The summed E-state index contributed by atoms with van der Waals surface area (Å²) in [6.45, 7) is -0.209. The summed E-state index contributed by atoms with van der Waals surface area (Å²) in [7, 11) is 0. The van der Waals surface area contributed by atoms with E-state index in [1.807, 2.05) is 0 Å². The Bertz CT molecular complexity index is 288. The van der Waals surface area contributed by atoms with Crippen molar-refractivity contribution in [1.29, 1.82) is 0 Å². The molecule has 13 heavy (non-hydrogen) atoms. The largest absolute Gasteiger partial charge is 0.507 e. The van der Waals surface area contributed by atoms with Gasteiger partial charge in [0.05, 0.1) is 12.7 Å². The summed E-state index contributed by atoms with van der Waals surface area (Å²) >= 11 is 0. The number of rotatable bonds is 3. The molecule has 1 unspecified atom stereocenters. The molecule has 72 valence electrons. The Labute approximate surface area is 76.2 Å². The summed E-state index contributed by atoms with van der Waals surface area (Å²) < 4.78 is 0. The lowest BCUT2D eigenvalue weighted by Crippen LogP contribution is -2.12. The zero-order chi connectivity index (χ0) is 9.84. The van der Waals surface area contributed by atoms with Gasteiger partial charge in [-0.3, -0.25) is 0 Å². The molecule has 1 rings (SSSR count). The average molecular weight is 183 g/mol. The molecule has 0 aromatic heterocycles. The maximum atomic E-state index is 9.51. The number of aliphatic hydroxyl groups is 2. The molecule has 4 heteroatoms. The van der Waals surface area contributed by atoms with E-state index in [-0.39, 0.29) is 18.9 Å². The van der Waals surface area contributed by atoms with Crippen molar-refractivity contribution in [2.45, 2.75) is 12.7 Å². The van der Waals surface area contributed by atoms with E-state index in [0.717, 1.165) is 0 Å². The molecule has 0 spiro atoms. The number of para-hydroxylation sites is 1. The van der Waals surface area contributed by atoms with Crippen molar-refractivity contribution >= 4 is 0 Å². The van der Waals surface area contributed by atoms with Gasteiger partial charge in [-0.1, -0.05) is 18.2 Å². The fourth-order valence-electron chi connectivity index (χ4n) is 1.13. The predicted molar refractivity (Wildman–Crippen MR) is 48.0 cm³/mol. The van der Waals surface area contributed by atoms with Crippen molar-refractivity contribution in [2.75, 3.05) is 6.54 Å². The second-order valence-electron chi connectivity index (χ2n) is 2.76. The standard InChI is InChI=1S/C9H13NO3/c10-4-8(12)7-3-1-2-6(5-11)9(7)13/h1-3,8,11-13H,4-5,10H2. The number of hydrogen-bond acceptors (Lipinski definition) is 4. The lowest BCUT2D eigenvalue weighted by Gasteiger charge is -2.12. The Morgan fingerprint density at radius 3 is 2.62 bits per heavy atom. The Morgan fingerprint density at radius 1 is 1.38 bits per heavy atom. The summed E-state index contributed by atoms with van der Waals surface area (Å²) in [6, 6.07) is 4.81. The van der Waals surface area contributed by atoms with Crippen LogP contribution in [0.4, 0.5) is 0 Å². The Kier molecular flexibility index (Phi) is 3.25. The zero-order valence-electron chi connectivity index (χ0n) is 7.14. The molecule has 1 atom stereocenters. The molecule has 0 aliphatic heterocycles. The number of hydrogen-bond donors (Lipinski definition) is 4. The third-order valence-electron chi connectivity index (χ3n) is 1.90. The third kappa shape index (κ3) is 1.98. The van der Waals surface area contributed by atoms with Crippen LogP contribution in [0.1, 0.15) is 17.2 Å². The molecule has 0 heterocycles. The Balaban J connectivity index is 3.08. The van der Waals surface area contributed by atoms with Gasteiger partial charge in [0.25, 0.3) is 0 Å². The zero-order valence-corrected chi connectivity index (χ0v) is 7.14. The van der Waals surface area contributed by atoms with Gasteiger partial charge in [0.1, 0.15) is 5.75 Å². The first-order chi connectivity index (χ1) is 6.20. The Hall–Kier alpha value is -1.10. The van der Waals surface area contributed by atoms with Crippen LogP contribution in [0.2, 0.25) is 0 Å². The van der Waals surface area contributed by atoms with E-state index in [1.54, 1.807) is 18.2 Å². The highest BCUT2D eigenvalue weighted by Crippen LogP contribution is 2.27. The van der Waals surface area contributed by atoms with Crippen molar-refractivity contribution in [3.05, 3.63) is 29.3 Å². The molecule has 0 fully saturated rings. The van der Waals surface area contributed by atoms with Crippen molar-refractivity contribution in [2.24, 2.45) is 5.73 Å². The number of phenols is 1. The van der Waals surface area contributed by atoms with Crippen LogP contribution in [0.3, 0.4) is 0 Å². The van der Waals surface area contributed by atoms with Gasteiger partial charge in [0.15, 0.2) is 0 Å². The second-order valence-corrected chi connectivity index (χ2v) is 2.76. The van der Waals surface area contributed by atoms with E-state index in [0.29, 0.717) is 11.1 Å². The fraction of sp³-hybridized carbons (Fsp3) is 0.333. The van der Waals surface area contributed by atoms with E-state index in [1.165, 1.54) is 0 Å². The maximum Gasteiger partial charge on any atom is 0.126 e. The molecule has 1 aromatic rings. The first-order valence-electron chi connectivity index (χ1n) is 4.00. The third-order valence-corrected chi connectivity index (χ3v) is 1.90. The number of nitrogens with two attached hydrogens (primary N) is 1. The van der Waals surface area contributed by atoms with Crippen LogP contribution in [-0.4, -0.2) is 21.9 Å². The highest BCUT2D eigenvalue weighted by molar-refractivity contribution is 5.41. The lowest BCUT2D eigenvalue weighted by atomic mass is 10.0. The number of benzene rings is 1. The molecule has 0 saturated carbocycles. The molecular formula is C9H13NO3. The van der Waals surface area contributed by atoms with Crippen molar-refractivity contribution in [3.8, 4) is 5.75 Å². The fourth-order valence-corrected chi connectivity index (χ4v) is 1.13. The summed E-state index contributed by atoms with van der Waals surface area (Å²) in [5.41, 5.74) is 5.99. The molecule has 0 aliphatic rings. The van der Waals surface area contributed by atoms with Crippen molar-refractivity contribution in [1.82, 2.24) is 0 Å². The minimum Gasteiger partial charge on any atom is -0.507 e. The average Bonchev–Trinajstić information content (AvgIpc) is 2.17. The highest BCUT2D eigenvalue weighted by atomic mass is 16.3. The van der Waals surface area contributed by atoms with Crippen LogP contribution < -0.4 is 5.73 Å². The summed E-state index contributed by atoms with van der Waals surface area (Å²) in [6.07, 6.45) is -0.883. The van der Waals surface area contributed by atoms with E-state index >= 15 is 0 Å². The molecule has 0 aliphatic carbocycles. The first kappa shape index (κ1) is 9.98. The van der Waals surface area contributed by atoms with E-state index in [4.69, 9.17) is 10.8 Å². The predicted octanol–water partition coefficient (Wildman–Crippen LogP) is -0.123. The second kappa shape index (κ2) is 4.23. The van der Waals surface area contributed by atoms with Crippen LogP contribution in [0.25, 0.3) is 0 Å².